The maximum atomic E-state index is 12.3. The molecule has 126 valence electrons. The van der Waals surface area contributed by atoms with Gasteiger partial charge >= 0.3 is 0 Å². The van der Waals surface area contributed by atoms with Gasteiger partial charge in [-0.3, -0.25) is 9.69 Å². The molecule has 3 nitrogen and oxygen atoms in total. The second-order valence-corrected chi connectivity index (χ2v) is 5.83. The first kappa shape index (κ1) is 18.2. The molecule has 1 heterocycles. The lowest BCUT2D eigenvalue weighted by molar-refractivity contribution is -0.127. The summed E-state index contributed by atoms with van der Waals surface area (Å²) in [4.78, 5) is 16.6. The number of hydrogen-bond donors (Lipinski definition) is 0. The van der Waals surface area contributed by atoms with E-state index in [1.54, 1.807) is 6.08 Å². The molecule has 0 aliphatic carbocycles. The van der Waals surface area contributed by atoms with Crippen molar-refractivity contribution in [2.24, 2.45) is 0 Å². The monoisotopic (exact) mass is 342 g/mol. The Balaban J connectivity index is 0.00000208. The van der Waals surface area contributed by atoms with Crippen molar-refractivity contribution >= 4 is 24.4 Å². The molecule has 0 aromatic heterocycles. The molecule has 1 amide bonds. The van der Waals surface area contributed by atoms with Gasteiger partial charge in [-0.05, 0) is 17.2 Å². The fraction of sp³-hybridized carbons (Fsp3) is 0.250. The number of hydrogen-bond acceptors (Lipinski definition) is 2. The van der Waals surface area contributed by atoms with E-state index in [0.29, 0.717) is 0 Å². The molecule has 2 aromatic carbocycles. The molecule has 2 aromatic rings. The van der Waals surface area contributed by atoms with Gasteiger partial charge in [0.15, 0.2) is 0 Å². The van der Waals surface area contributed by atoms with Crippen LogP contribution in [0, 0.1) is 0 Å². The van der Waals surface area contributed by atoms with Crippen LogP contribution in [0.2, 0.25) is 0 Å². The van der Waals surface area contributed by atoms with E-state index < -0.39 is 0 Å². The minimum Gasteiger partial charge on any atom is -0.337 e. The molecule has 1 aliphatic rings. The van der Waals surface area contributed by atoms with Crippen molar-refractivity contribution < 1.29 is 4.79 Å². The Kier molecular flexibility index (Phi) is 7.04. The first-order valence-corrected chi connectivity index (χ1v) is 8.09. The average molecular weight is 343 g/mol. The van der Waals surface area contributed by atoms with Crippen molar-refractivity contribution in [3.8, 4) is 0 Å². The molecule has 1 aliphatic heterocycles. The summed E-state index contributed by atoms with van der Waals surface area (Å²) in [6.45, 7) is 4.41. The zero-order valence-electron chi connectivity index (χ0n) is 13.7. The van der Waals surface area contributed by atoms with Gasteiger partial charge in [0.05, 0.1) is 0 Å². The van der Waals surface area contributed by atoms with Crippen LogP contribution in [0.4, 0.5) is 0 Å². The number of piperazine rings is 1. The molecular formula is C20H23ClN2O. The summed E-state index contributed by atoms with van der Waals surface area (Å²) < 4.78 is 0. The van der Waals surface area contributed by atoms with E-state index in [1.807, 2.05) is 47.4 Å². The molecule has 0 spiro atoms. The van der Waals surface area contributed by atoms with Crippen LogP contribution in [0.5, 0.6) is 0 Å². The zero-order chi connectivity index (χ0) is 15.9. The molecule has 1 fully saturated rings. The molecule has 24 heavy (non-hydrogen) atoms. The number of carbonyl (C=O) groups excluding carboxylic acids is 1. The van der Waals surface area contributed by atoms with Crippen LogP contribution < -0.4 is 0 Å². The second kappa shape index (κ2) is 9.26. The number of nitrogens with zero attached hydrogens (tertiary/aromatic N) is 2. The quantitative estimate of drug-likeness (QED) is 0.794. The Morgan fingerprint density at radius 2 is 1.46 bits per heavy atom. The van der Waals surface area contributed by atoms with Gasteiger partial charge in [0.1, 0.15) is 0 Å². The molecule has 1 saturated heterocycles. The summed E-state index contributed by atoms with van der Waals surface area (Å²) in [7, 11) is 0. The third kappa shape index (κ3) is 5.22. The van der Waals surface area contributed by atoms with Crippen molar-refractivity contribution in [3.63, 3.8) is 0 Å². The molecule has 0 N–H and O–H groups in total. The van der Waals surface area contributed by atoms with Crippen molar-refractivity contribution in [2.45, 2.75) is 6.54 Å². The molecular weight excluding hydrogens is 320 g/mol. The highest BCUT2D eigenvalue weighted by Crippen LogP contribution is 2.09. The third-order valence-corrected chi connectivity index (χ3v) is 4.15. The third-order valence-electron chi connectivity index (χ3n) is 4.15. The number of benzene rings is 2. The molecule has 4 heteroatoms. The van der Waals surface area contributed by atoms with Crippen LogP contribution in [0.3, 0.4) is 0 Å². The van der Waals surface area contributed by atoms with E-state index in [2.05, 4.69) is 29.2 Å². The highest BCUT2D eigenvalue weighted by Gasteiger charge is 2.19. The first-order chi connectivity index (χ1) is 11.3. The van der Waals surface area contributed by atoms with E-state index in [1.165, 1.54) is 5.56 Å². The van der Waals surface area contributed by atoms with Crippen LogP contribution in [0.25, 0.3) is 6.08 Å². The molecule has 0 atom stereocenters. The van der Waals surface area contributed by atoms with Gasteiger partial charge in [0, 0.05) is 38.8 Å². The highest BCUT2D eigenvalue weighted by atomic mass is 35.5. The van der Waals surface area contributed by atoms with Crippen LogP contribution in [0.1, 0.15) is 11.1 Å². The van der Waals surface area contributed by atoms with Crippen molar-refractivity contribution in [2.75, 3.05) is 26.2 Å². The van der Waals surface area contributed by atoms with Crippen LogP contribution >= 0.6 is 12.4 Å². The zero-order valence-corrected chi connectivity index (χ0v) is 14.5. The maximum absolute atomic E-state index is 12.3. The van der Waals surface area contributed by atoms with Gasteiger partial charge in [-0.15, -0.1) is 12.4 Å². The van der Waals surface area contributed by atoms with Gasteiger partial charge < -0.3 is 4.90 Å². The van der Waals surface area contributed by atoms with Crippen LogP contribution in [-0.4, -0.2) is 41.9 Å². The Labute approximate surface area is 150 Å². The number of halogens is 1. The van der Waals surface area contributed by atoms with E-state index in [4.69, 9.17) is 0 Å². The first-order valence-electron chi connectivity index (χ1n) is 8.09. The maximum Gasteiger partial charge on any atom is 0.246 e. The summed E-state index contributed by atoms with van der Waals surface area (Å²) in [5.74, 6) is 0.105. The number of amides is 1. The Bertz CT molecular complexity index is 650. The molecule has 0 radical (unpaired) electrons. The van der Waals surface area contributed by atoms with Gasteiger partial charge in [0.2, 0.25) is 5.91 Å². The molecule has 0 saturated carbocycles. The molecule has 0 bridgehead atoms. The normalized spacial score (nSPS) is 15.2. The minimum absolute atomic E-state index is 0. The van der Waals surface area contributed by atoms with Gasteiger partial charge in [0.25, 0.3) is 0 Å². The minimum atomic E-state index is 0. The predicted octanol–water partition coefficient (Wildman–Crippen LogP) is 3.47. The lowest BCUT2D eigenvalue weighted by Gasteiger charge is -2.34. The Morgan fingerprint density at radius 3 is 2.08 bits per heavy atom. The summed E-state index contributed by atoms with van der Waals surface area (Å²) in [5, 5.41) is 0. The topological polar surface area (TPSA) is 23.6 Å². The van der Waals surface area contributed by atoms with Crippen molar-refractivity contribution in [1.82, 2.24) is 9.80 Å². The fourth-order valence-electron chi connectivity index (χ4n) is 2.81. The number of carbonyl (C=O) groups is 1. The summed E-state index contributed by atoms with van der Waals surface area (Å²) in [6, 6.07) is 20.4. The lowest BCUT2D eigenvalue weighted by Crippen LogP contribution is -2.47. The Morgan fingerprint density at radius 1 is 0.875 bits per heavy atom. The predicted molar refractivity (Wildman–Crippen MR) is 101 cm³/mol. The Hall–Kier alpha value is -2.10. The smallest absolute Gasteiger partial charge is 0.246 e. The van der Waals surface area contributed by atoms with Gasteiger partial charge in [-0.1, -0.05) is 60.7 Å². The SMILES string of the molecule is Cl.O=C(/C=C/c1ccccc1)N1CCN(Cc2ccccc2)CC1. The summed E-state index contributed by atoms with van der Waals surface area (Å²) in [5.41, 5.74) is 2.39. The molecule has 3 rings (SSSR count). The lowest BCUT2D eigenvalue weighted by atomic mass is 10.2. The highest BCUT2D eigenvalue weighted by molar-refractivity contribution is 5.91. The van der Waals surface area contributed by atoms with Gasteiger partial charge in [-0.2, -0.15) is 0 Å². The van der Waals surface area contributed by atoms with Crippen LogP contribution in [-0.2, 0) is 11.3 Å². The van der Waals surface area contributed by atoms with E-state index in [-0.39, 0.29) is 18.3 Å². The second-order valence-electron chi connectivity index (χ2n) is 5.83. The number of rotatable bonds is 4. The van der Waals surface area contributed by atoms with E-state index in [9.17, 15) is 4.79 Å². The van der Waals surface area contributed by atoms with E-state index in [0.717, 1.165) is 38.3 Å². The van der Waals surface area contributed by atoms with Gasteiger partial charge in [-0.25, -0.2) is 0 Å². The van der Waals surface area contributed by atoms with Crippen molar-refractivity contribution in [1.29, 1.82) is 0 Å². The largest absolute Gasteiger partial charge is 0.337 e. The summed E-state index contributed by atoms with van der Waals surface area (Å²) >= 11 is 0. The standard InChI is InChI=1S/C20H22N2O.ClH/c23-20(12-11-18-7-3-1-4-8-18)22-15-13-21(14-16-22)17-19-9-5-2-6-10-19;/h1-12H,13-17H2;1H/b12-11+;. The van der Waals surface area contributed by atoms with E-state index >= 15 is 0 Å². The molecule has 0 unspecified atom stereocenters. The van der Waals surface area contributed by atoms with Crippen molar-refractivity contribution in [3.05, 3.63) is 77.9 Å². The van der Waals surface area contributed by atoms with Crippen LogP contribution in [0.15, 0.2) is 66.7 Å². The fourth-order valence-corrected chi connectivity index (χ4v) is 2.81. The average Bonchev–Trinajstić information content (AvgIpc) is 2.62. The summed E-state index contributed by atoms with van der Waals surface area (Å²) in [6.07, 6.45) is 3.57.